The number of fused-ring (bicyclic) bond motifs is 1. The van der Waals surface area contributed by atoms with Gasteiger partial charge in [0.25, 0.3) is 0 Å². The first kappa shape index (κ1) is 15.6. The zero-order valence-electron chi connectivity index (χ0n) is 11.6. The molecule has 0 aliphatic carbocycles. The molecule has 1 aliphatic rings. The molecule has 0 amide bonds. The van der Waals surface area contributed by atoms with Gasteiger partial charge < -0.3 is 4.57 Å². The van der Waals surface area contributed by atoms with E-state index < -0.39 is 0 Å². The van der Waals surface area contributed by atoms with E-state index in [1.54, 1.807) is 0 Å². The smallest absolute Gasteiger partial charge is 0.139 e. The van der Waals surface area contributed by atoms with Crippen LogP contribution in [0.3, 0.4) is 0 Å². The van der Waals surface area contributed by atoms with E-state index in [1.165, 1.54) is 31.1 Å². The average molecular weight is 392 g/mol. The lowest BCUT2D eigenvalue weighted by Crippen LogP contribution is -2.18. The molecule has 1 atom stereocenters. The fourth-order valence-electron chi connectivity index (χ4n) is 2.80. The topological polar surface area (TPSA) is 17.8 Å². The maximum atomic E-state index is 13.7. The molecule has 1 saturated heterocycles. The zero-order chi connectivity index (χ0) is 14.8. The Morgan fingerprint density at radius 3 is 3.00 bits per heavy atom. The minimum atomic E-state index is -0.267. The van der Waals surface area contributed by atoms with Crippen molar-refractivity contribution >= 4 is 50.3 Å². The summed E-state index contributed by atoms with van der Waals surface area (Å²) in [6.45, 7) is 0.936. The highest BCUT2D eigenvalue weighted by molar-refractivity contribution is 9.10. The van der Waals surface area contributed by atoms with Gasteiger partial charge in [-0.2, -0.15) is 11.8 Å². The van der Waals surface area contributed by atoms with Crippen LogP contribution in [0.15, 0.2) is 16.6 Å². The summed E-state index contributed by atoms with van der Waals surface area (Å²) in [6, 6.07) is 3.34. The third-order valence-electron chi connectivity index (χ3n) is 3.85. The summed E-state index contributed by atoms with van der Waals surface area (Å²) in [5, 5.41) is 0.619. The second-order valence-corrected chi connectivity index (χ2v) is 7.96. The van der Waals surface area contributed by atoms with Crippen molar-refractivity contribution < 1.29 is 4.39 Å². The normalized spacial score (nSPS) is 19.3. The molecule has 1 unspecified atom stereocenters. The molecule has 21 heavy (non-hydrogen) atoms. The van der Waals surface area contributed by atoms with Crippen LogP contribution in [0.25, 0.3) is 11.0 Å². The fourth-order valence-corrected chi connectivity index (χ4v) is 4.60. The first-order valence-corrected chi connectivity index (χ1v) is 9.58. The summed E-state index contributed by atoms with van der Waals surface area (Å²) < 4.78 is 16.4. The van der Waals surface area contributed by atoms with Gasteiger partial charge in [0.05, 0.1) is 15.5 Å². The van der Waals surface area contributed by atoms with Crippen molar-refractivity contribution in [1.82, 2.24) is 9.55 Å². The summed E-state index contributed by atoms with van der Waals surface area (Å²) in [5.41, 5.74) is 1.71. The highest BCUT2D eigenvalue weighted by Gasteiger charge is 2.19. The largest absolute Gasteiger partial charge is 0.327 e. The molecule has 3 rings (SSSR count). The lowest BCUT2D eigenvalue weighted by molar-refractivity contribution is 0.577. The first-order valence-electron chi connectivity index (χ1n) is 7.21. The number of nitrogens with zero attached hydrogens (tertiary/aromatic N) is 2. The molecule has 1 fully saturated rings. The maximum Gasteiger partial charge on any atom is 0.139 e. The molecule has 0 bridgehead atoms. The summed E-state index contributed by atoms with van der Waals surface area (Å²) in [6.07, 6.45) is 4.57. The Bertz CT molecular complexity index is 640. The number of aryl methyl sites for hydroxylation is 1. The first-order chi connectivity index (χ1) is 10.2. The van der Waals surface area contributed by atoms with Crippen molar-refractivity contribution in [3.63, 3.8) is 0 Å². The van der Waals surface area contributed by atoms with Crippen LogP contribution in [0.1, 0.15) is 25.1 Å². The van der Waals surface area contributed by atoms with Crippen LogP contribution in [0.2, 0.25) is 0 Å². The van der Waals surface area contributed by atoms with Crippen molar-refractivity contribution in [3.05, 3.63) is 28.2 Å². The molecule has 2 heterocycles. The number of rotatable bonds is 4. The highest BCUT2D eigenvalue weighted by atomic mass is 79.9. The minimum Gasteiger partial charge on any atom is -0.327 e. The van der Waals surface area contributed by atoms with Crippen LogP contribution >= 0.6 is 39.3 Å². The summed E-state index contributed by atoms with van der Waals surface area (Å²) in [4.78, 5) is 4.58. The zero-order valence-corrected chi connectivity index (χ0v) is 14.8. The number of halogens is 3. The SMILES string of the molecule is Fc1cc2nc(CCCl)n(CC3CCCCS3)c2cc1Br. The molecule has 2 aromatic rings. The Kier molecular flexibility index (Phi) is 5.12. The Hall–Kier alpha value is -0.260. The number of thioether (sulfide) groups is 1. The third kappa shape index (κ3) is 3.40. The standard InChI is InChI=1S/C15H17BrClFN2S/c16-11-7-14-13(8-12(11)18)19-15(4-5-17)20(14)9-10-3-1-2-6-21-10/h7-8,10H,1-6,9H2. The maximum absolute atomic E-state index is 13.7. The number of aromatic nitrogens is 2. The molecule has 2 nitrogen and oxygen atoms in total. The van der Waals surface area contributed by atoms with Crippen molar-refractivity contribution in [2.24, 2.45) is 0 Å². The number of benzene rings is 1. The van der Waals surface area contributed by atoms with E-state index in [4.69, 9.17) is 11.6 Å². The van der Waals surface area contributed by atoms with Crippen LogP contribution in [-0.2, 0) is 13.0 Å². The van der Waals surface area contributed by atoms with Gasteiger partial charge in [0, 0.05) is 30.2 Å². The van der Waals surface area contributed by atoms with Gasteiger partial charge in [-0.05, 0) is 40.6 Å². The predicted molar refractivity (Wildman–Crippen MR) is 91.9 cm³/mol. The van der Waals surface area contributed by atoms with Gasteiger partial charge in [0.1, 0.15) is 11.6 Å². The second kappa shape index (κ2) is 6.88. The fraction of sp³-hybridized carbons (Fsp3) is 0.533. The number of alkyl halides is 1. The molecular weight excluding hydrogens is 375 g/mol. The molecule has 0 radical (unpaired) electrons. The molecular formula is C15H17BrClFN2S. The van der Waals surface area contributed by atoms with E-state index in [1.807, 2.05) is 17.8 Å². The van der Waals surface area contributed by atoms with Crippen LogP contribution in [-0.4, -0.2) is 26.4 Å². The molecule has 0 spiro atoms. The molecule has 1 aromatic heterocycles. The van der Waals surface area contributed by atoms with Crippen LogP contribution < -0.4 is 0 Å². The van der Waals surface area contributed by atoms with E-state index in [9.17, 15) is 4.39 Å². The number of imidazole rings is 1. The van der Waals surface area contributed by atoms with Gasteiger partial charge in [-0.25, -0.2) is 9.37 Å². The van der Waals surface area contributed by atoms with E-state index in [0.29, 0.717) is 22.0 Å². The van der Waals surface area contributed by atoms with E-state index >= 15 is 0 Å². The van der Waals surface area contributed by atoms with Crippen LogP contribution in [0.5, 0.6) is 0 Å². The monoisotopic (exact) mass is 390 g/mol. The van der Waals surface area contributed by atoms with Crippen molar-refractivity contribution in [2.75, 3.05) is 11.6 Å². The molecule has 1 aromatic carbocycles. The van der Waals surface area contributed by atoms with Crippen LogP contribution in [0.4, 0.5) is 4.39 Å². The lowest BCUT2D eigenvalue weighted by atomic mass is 10.2. The summed E-state index contributed by atoms with van der Waals surface area (Å²) in [5.74, 6) is 2.46. The van der Waals surface area contributed by atoms with Crippen molar-refractivity contribution in [3.8, 4) is 0 Å². The van der Waals surface area contributed by atoms with Gasteiger partial charge in [-0.1, -0.05) is 6.42 Å². The van der Waals surface area contributed by atoms with Gasteiger partial charge in [0.15, 0.2) is 0 Å². The second-order valence-electron chi connectivity index (χ2n) is 5.32. The number of hydrogen-bond acceptors (Lipinski definition) is 2. The Morgan fingerprint density at radius 2 is 2.29 bits per heavy atom. The molecule has 1 aliphatic heterocycles. The summed E-state index contributed by atoms with van der Waals surface area (Å²) in [7, 11) is 0. The van der Waals surface area contributed by atoms with Crippen LogP contribution in [0, 0.1) is 5.82 Å². The van der Waals surface area contributed by atoms with E-state index in [2.05, 4.69) is 25.5 Å². The van der Waals surface area contributed by atoms with E-state index in [-0.39, 0.29) is 5.82 Å². The molecule has 114 valence electrons. The molecule has 6 heteroatoms. The quantitative estimate of drug-likeness (QED) is 0.682. The van der Waals surface area contributed by atoms with Gasteiger partial charge in [0.2, 0.25) is 0 Å². The highest BCUT2D eigenvalue weighted by Crippen LogP contribution is 2.30. The lowest BCUT2D eigenvalue weighted by Gasteiger charge is -2.23. The van der Waals surface area contributed by atoms with E-state index in [0.717, 1.165) is 23.4 Å². The van der Waals surface area contributed by atoms with Gasteiger partial charge >= 0.3 is 0 Å². The Balaban J connectivity index is 2.00. The summed E-state index contributed by atoms with van der Waals surface area (Å²) >= 11 is 11.2. The van der Waals surface area contributed by atoms with Crippen molar-refractivity contribution in [2.45, 2.75) is 37.5 Å². The Morgan fingerprint density at radius 1 is 1.43 bits per heavy atom. The van der Waals surface area contributed by atoms with Gasteiger partial charge in [-0.15, -0.1) is 11.6 Å². The van der Waals surface area contributed by atoms with Gasteiger partial charge in [-0.3, -0.25) is 0 Å². The minimum absolute atomic E-state index is 0.267. The number of hydrogen-bond donors (Lipinski definition) is 0. The third-order valence-corrected chi connectivity index (χ3v) is 6.02. The average Bonchev–Trinajstić information content (AvgIpc) is 2.79. The van der Waals surface area contributed by atoms with Crippen molar-refractivity contribution in [1.29, 1.82) is 0 Å². The molecule has 0 N–H and O–H groups in total. The Labute approximate surface area is 141 Å². The molecule has 0 saturated carbocycles. The predicted octanol–water partition coefficient (Wildman–Crippen LogP) is 5.00.